The molecule has 0 bridgehead atoms. The zero-order valence-electron chi connectivity index (χ0n) is 15.8. The lowest BCUT2D eigenvalue weighted by molar-refractivity contribution is -0.135. The summed E-state index contributed by atoms with van der Waals surface area (Å²) in [4.78, 5) is 40.2. The van der Waals surface area contributed by atoms with Crippen LogP contribution in [0.3, 0.4) is 0 Å². The molecular formula is C20H21N3O6. The summed E-state index contributed by atoms with van der Waals surface area (Å²) in [5.41, 5.74) is 0.543. The molecule has 1 N–H and O–H groups in total. The van der Waals surface area contributed by atoms with Crippen molar-refractivity contribution in [1.82, 2.24) is 9.80 Å². The van der Waals surface area contributed by atoms with Gasteiger partial charge in [0.1, 0.15) is 19.6 Å². The maximum atomic E-state index is 12.4. The molecule has 9 nitrogen and oxygen atoms in total. The summed E-state index contributed by atoms with van der Waals surface area (Å²) < 4.78 is 16.1. The second-order valence-electron chi connectivity index (χ2n) is 6.73. The minimum Gasteiger partial charge on any atom is -0.486 e. The number of fused-ring (bicyclic) bond motifs is 1. The van der Waals surface area contributed by atoms with Crippen LogP contribution in [0.15, 0.2) is 41.0 Å². The molecule has 1 aromatic carbocycles. The fourth-order valence-electron chi connectivity index (χ4n) is 3.29. The average molecular weight is 399 g/mol. The van der Waals surface area contributed by atoms with Gasteiger partial charge in [0.2, 0.25) is 11.8 Å². The fourth-order valence-corrected chi connectivity index (χ4v) is 3.29. The highest BCUT2D eigenvalue weighted by Crippen LogP contribution is 2.32. The maximum Gasteiger partial charge on any atom is 0.289 e. The van der Waals surface area contributed by atoms with E-state index in [4.69, 9.17) is 13.9 Å². The van der Waals surface area contributed by atoms with E-state index in [0.29, 0.717) is 56.6 Å². The molecule has 3 amide bonds. The number of hydrogen-bond donors (Lipinski definition) is 1. The SMILES string of the molecule is O=C(CC(=O)N1CCN(C(=O)c2ccco2)CC1)Nc1ccc2c(c1)OCCO2. The molecule has 0 aliphatic carbocycles. The number of carbonyl (C=O) groups is 3. The number of furan rings is 1. The van der Waals surface area contributed by atoms with Crippen molar-refractivity contribution in [2.24, 2.45) is 0 Å². The topological polar surface area (TPSA) is 101 Å². The van der Waals surface area contributed by atoms with Crippen LogP contribution in [0.4, 0.5) is 5.69 Å². The lowest BCUT2D eigenvalue weighted by Crippen LogP contribution is -2.51. The number of rotatable bonds is 4. The number of piperazine rings is 1. The van der Waals surface area contributed by atoms with Gasteiger partial charge in [-0.05, 0) is 24.3 Å². The first-order valence-corrected chi connectivity index (χ1v) is 9.40. The standard InChI is InChI=1S/C20H21N3O6/c24-18(21-14-3-4-15-17(12-14)29-11-10-28-15)13-19(25)22-5-7-23(8-6-22)20(26)16-2-1-9-27-16/h1-4,9,12H,5-8,10-11,13H2,(H,21,24). The van der Waals surface area contributed by atoms with Gasteiger partial charge in [0.25, 0.3) is 5.91 Å². The van der Waals surface area contributed by atoms with E-state index < -0.39 is 5.91 Å². The second kappa shape index (κ2) is 8.26. The lowest BCUT2D eigenvalue weighted by atomic mass is 10.2. The van der Waals surface area contributed by atoms with Gasteiger partial charge in [0, 0.05) is 37.9 Å². The number of hydrogen-bond acceptors (Lipinski definition) is 6. The summed E-state index contributed by atoms with van der Waals surface area (Å²) in [5.74, 6) is 0.609. The fraction of sp³-hybridized carbons (Fsp3) is 0.350. The van der Waals surface area contributed by atoms with Gasteiger partial charge in [-0.15, -0.1) is 0 Å². The zero-order chi connectivity index (χ0) is 20.2. The van der Waals surface area contributed by atoms with Crippen molar-refractivity contribution in [3.8, 4) is 11.5 Å². The summed E-state index contributed by atoms with van der Waals surface area (Å²) in [6, 6.07) is 8.38. The third kappa shape index (κ3) is 4.34. The number of carbonyl (C=O) groups excluding carboxylic acids is 3. The maximum absolute atomic E-state index is 12.4. The molecule has 152 valence electrons. The normalized spacial score (nSPS) is 15.7. The second-order valence-corrected chi connectivity index (χ2v) is 6.73. The van der Waals surface area contributed by atoms with Gasteiger partial charge in [0.05, 0.1) is 6.26 Å². The van der Waals surface area contributed by atoms with Crippen molar-refractivity contribution in [1.29, 1.82) is 0 Å². The molecule has 9 heteroatoms. The van der Waals surface area contributed by atoms with Crippen molar-refractivity contribution < 1.29 is 28.3 Å². The molecule has 2 aromatic rings. The van der Waals surface area contributed by atoms with Crippen LogP contribution in [0.25, 0.3) is 0 Å². The smallest absolute Gasteiger partial charge is 0.289 e. The molecule has 0 radical (unpaired) electrons. The Balaban J connectivity index is 1.26. The van der Waals surface area contributed by atoms with E-state index in [1.807, 2.05) is 0 Å². The van der Waals surface area contributed by atoms with Crippen LogP contribution in [-0.4, -0.2) is 66.9 Å². The molecule has 1 saturated heterocycles. The van der Waals surface area contributed by atoms with E-state index in [9.17, 15) is 14.4 Å². The Bertz CT molecular complexity index is 903. The van der Waals surface area contributed by atoms with Crippen molar-refractivity contribution in [2.45, 2.75) is 6.42 Å². The van der Waals surface area contributed by atoms with Crippen molar-refractivity contribution in [3.63, 3.8) is 0 Å². The van der Waals surface area contributed by atoms with Crippen LogP contribution in [-0.2, 0) is 9.59 Å². The number of anilines is 1. The van der Waals surface area contributed by atoms with E-state index >= 15 is 0 Å². The Kier molecular flexibility index (Phi) is 5.37. The molecular weight excluding hydrogens is 378 g/mol. The molecule has 0 spiro atoms. The largest absolute Gasteiger partial charge is 0.486 e. The number of ether oxygens (including phenoxy) is 2. The van der Waals surface area contributed by atoms with E-state index in [1.165, 1.54) is 6.26 Å². The van der Waals surface area contributed by atoms with E-state index in [2.05, 4.69) is 5.32 Å². The Labute approximate surface area is 167 Å². The summed E-state index contributed by atoms with van der Waals surface area (Å²) in [6.45, 7) is 2.50. The monoisotopic (exact) mass is 399 g/mol. The van der Waals surface area contributed by atoms with Gasteiger partial charge in [0.15, 0.2) is 17.3 Å². The van der Waals surface area contributed by atoms with Crippen LogP contribution in [0.1, 0.15) is 17.0 Å². The highest BCUT2D eigenvalue weighted by atomic mass is 16.6. The Morgan fingerprint density at radius 1 is 0.931 bits per heavy atom. The van der Waals surface area contributed by atoms with Crippen LogP contribution >= 0.6 is 0 Å². The molecule has 3 heterocycles. The quantitative estimate of drug-likeness (QED) is 0.779. The van der Waals surface area contributed by atoms with Crippen LogP contribution in [0, 0.1) is 0 Å². The first kappa shape index (κ1) is 18.9. The van der Waals surface area contributed by atoms with Gasteiger partial charge in [-0.1, -0.05) is 0 Å². The lowest BCUT2D eigenvalue weighted by Gasteiger charge is -2.34. The first-order valence-electron chi connectivity index (χ1n) is 9.40. The van der Waals surface area contributed by atoms with Gasteiger partial charge in [-0.25, -0.2) is 0 Å². The van der Waals surface area contributed by atoms with Gasteiger partial charge >= 0.3 is 0 Å². The highest BCUT2D eigenvalue weighted by molar-refractivity contribution is 6.03. The Morgan fingerprint density at radius 2 is 1.66 bits per heavy atom. The van der Waals surface area contributed by atoms with Gasteiger partial charge in [-0.3, -0.25) is 14.4 Å². The number of amides is 3. The predicted molar refractivity (Wildman–Crippen MR) is 102 cm³/mol. The van der Waals surface area contributed by atoms with Gasteiger partial charge in [-0.2, -0.15) is 0 Å². The minimum atomic E-state index is -0.402. The molecule has 2 aliphatic heterocycles. The number of nitrogens with zero attached hydrogens (tertiary/aromatic N) is 2. The van der Waals surface area contributed by atoms with Crippen LogP contribution in [0.2, 0.25) is 0 Å². The van der Waals surface area contributed by atoms with Crippen LogP contribution in [0.5, 0.6) is 11.5 Å². The van der Waals surface area contributed by atoms with Crippen molar-refractivity contribution in [2.75, 3.05) is 44.7 Å². The van der Waals surface area contributed by atoms with Gasteiger partial charge < -0.3 is 29.0 Å². The Morgan fingerprint density at radius 3 is 2.38 bits per heavy atom. The molecule has 0 atom stereocenters. The van der Waals surface area contributed by atoms with Crippen molar-refractivity contribution in [3.05, 3.63) is 42.4 Å². The summed E-state index contributed by atoms with van der Waals surface area (Å²) in [5, 5.41) is 2.71. The van der Waals surface area contributed by atoms with E-state index in [0.717, 1.165) is 0 Å². The Hall–Kier alpha value is -3.49. The van der Waals surface area contributed by atoms with Crippen LogP contribution < -0.4 is 14.8 Å². The molecule has 4 rings (SSSR count). The summed E-state index contributed by atoms with van der Waals surface area (Å²) in [7, 11) is 0. The minimum absolute atomic E-state index is 0.196. The van der Waals surface area contributed by atoms with Crippen molar-refractivity contribution >= 4 is 23.4 Å². The molecule has 1 fully saturated rings. The predicted octanol–water partition coefficient (Wildman–Crippen LogP) is 1.36. The third-order valence-electron chi connectivity index (χ3n) is 4.79. The third-order valence-corrected chi connectivity index (χ3v) is 4.79. The molecule has 0 unspecified atom stereocenters. The summed E-state index contributed by atoms with van der Waals surface area (Å²) in [6.07, 6.45) is 1.19. The summed E-state index contributed by atoms with van der Waals surface area (Å²) >= 11 is 0. The molecule has 0 saturated carbocycles. The number of benzene rings is 1. The first-order chi connectivity index (χ1) is 14.1. The zero-order valence-corrected chi connectivity index (χ0v) is 15.8. The highest BCUT2D eigenvalue weighted by Gasteiger charge is 2.27. The average Bonchev–Trinajstić information content (AvgIpc) is 3.28. The van der Waals surface area contributed by atoms with E-state index in [-0.39, 0.29) is 24.0 Å². The van der Waals surface area contributed by atoms with E-state index in [1.54, 1.807) is 40.1 Å². The molecule has 2 aliphatic rings. The molecule has 1 aromatic heterocycles. The number of nitrogens with one attached hydrogen (secondary N) is 1. The molecule has 29 heavy (non-hydrogen) atoms.